The second kappa shape index (κ2) is 9.04. The predicted molar refractivity (Wildman–Crippen MR) is 104 cm³/mol. The second-order valence-electron chi connectivity index (χ2n) is 7.10. The van der Waals surface area contributed by atoms with E-state index in [9.17, 15) is 17.6 Å². The minimum Gasteiger partial charge on any atom is -0.351 e. The molecule has 0 saturated heterocycles. The van der Waals surface area contributed by atoms with Crippen LogP contribution in [0.3, 0.4) is 0 Å². The van der Waals surface area contributed by atoms with Gasteiger partial charge in [0, 0.05) is 6.04 Å². The number of hydrogen-bond donors (Lipinski definition) is 1. The largest absolute Gasteiger partial charge is 0.351 e. The molecule has 0 aromatic heterocycles. The van der Waals surface area contributed by atoms with Crippen molar-refractivity contribution in [2.24, 2.45) is 11.8 Å². The highest BCUT2D eigenvalue weighted by Crippen LogP contribution is 2.27. The molecule has 1 aromatic rings. The molecule has 5 nitrogen and oxygen atoms in total. The van der Waals surface area contributed by atoms with Crippen LogP contribution in [0.2, 0.25) is 5.02 Å². The molecular weight excluding hydrogens is 379 g/mol. The molecule has 148 valence electrons. The molecule has 8 heteroatoms. The van der Waals surface area contributed by atoms with E-state index in [0.717, 1.165) is 16.6 Å². The van der Waals surface area contributed by atoms with Crippen LogP contribution in [0, 0.1) is 17.7 Å². The number of amides is 1. The van der Waals surface area contributed by atoms with Gasteiger partial charge in [-0.25, -0.2) is 12.8 Å². The lowest BCUT2D eigenvalue weighted by atomic mass is 9.93. The number of benzene rings is 1. The molecule has 0 aliphatic heterocycles. The highest BCUT2D eigenvalue weighted by molar-refractivity contribution is 7.92. The molecule has 1 aromatic carbocycles. The Bertz CT molecular complexity index is 730. The summed E-state index contributed by atoms with van der Waals surface area (Å²) >= 11 is 5.81. The van der Waals surface area contributed by atoms with Gasteiger partial charge in [0.2, 0.25) is 15.9 Å². The normalized spacial score (nSPS) is 13.3. The summed E-state index contributed by atoms with van der Waals surface area (Å²) in [6, 6.07) is 2.57. The fourth-order valence-electron chi connectivity index (χ4n) is 3.05. The average molecular weight is 407 g/mol. The smallest absolute Gasteiger partial charge is 0.244 e. The van der Waals surface area contributed by atoms with Crippen LogP contribution in [0.1, 0.15) is 41.0 Å². The number of sulfonamides is 1. The van der Waals surface area contributed by atoms with Gasteiger partial charge in [-0.05, 0) is 36.5 Å². The van der Waals surface area contributed by atoms with Crippen LogP contribution < -0.4 is 9.62 Å². The first-order valence-electron chi connectivity index (χ1n) is 8.64. The molecule has 1 unspecified atom stereocenters. The molecule has 1 rings (SSSR count). The number of rotatable bonds is 8. The lowest BCUT2D eigenvalue weighted by Gasteiger charge is -2.33. The Morgan fingerprint density at radius 1 is 1.23 bits per heavy atom. The first-order valence-corrected chi connectivity index (χ1v) is 10.9. The lowest BCUT2D eigenvalue weighted by molar-refractivity contribution is -0.123. The third-order valence-corrected chi connectivity index (χ3v) is 5.70. The second-order valence-corrected chi connectivity index (χ2v) is 9.37. The molecule has 0 aliphatic rings. The molecular formula is C18H28ClFN2O3S. The van der Waals surface area contributed by atoms with Crippen molar-refractivity contribution >= 4 is 33.2 Å². The Morgan fingerprint density at radius 3 is 2.15 bits per heavy atom. The number of halogens is 2. The van der Waals surface area contributed by atoms with Gasteiger partial charge in [-0.3, -0.25) is 9.10 Å². The van der Waals surface area contributed by atoms with Crippen molar-refractivity contribution in [3.8, 4) is 0 Å². The first kappa shape index (κ1) is 22.7. The molecule has 0 heterocycles. The van der Waals surface area contributed by atoms with Crippen molar-refractivity contribution in [3.63, 3.8) is 0 Å². The van der Waals surface area contributed by atoms with E-state index in [-0.39, 0.29) is 40.9 Å². The molecule has 0 spiro atoms. The summed E-state index contributed by atoms with van der Waals surface area (Å²) in [5.74, 6) is -0.640. The summed E-state index contributed by atoms with van der Waals surface area (Å²) < 4.78 is 39.3. The van der Waals surface area contributed by atoms with E-state index in [2.05, 4.69) is 5.32 Å². The lowest BCUT2D eigenvalue weighted by Crippen LogP contribution is -2.53. The van der Waals surface area contributed by atoms with Gasteiger partial charge in [-0.2, -0.15) is 0 Å². The van der Waals surface area contributed by atoms with Crippen LogP contribution in [0.5, 0.6) is 0 Å². The summed E-state index contributed by atoms with van der Waals surface area (Å²) in [5, 5.41) is 2.76. The summed E-state index contributed by atoms with van der Waals surface area (Å²) in [7, 11) is -3.79. The molecule has 0 radical (unpaired) electrons. The number of nitrogens with zero attached hydrogens (tertiary/aromatic N) is 1. The van der Waals surface area contributed by atoms with Crippen LogP contribution in [-0.2, 0) is 14.8 Å². The summed E-state index contributed by atoms with van der Waals surface area (Å²) in [5.41, 5.74) is 0.159. The number of nitrogens with one attached hydrogen (secondary N) is 1. The first-order chi connectivity index (χ1) is 11.9. The highest BCUT2D eigenvalue weighted by Gasteiger charge is 2.33. The van der Waals surface area contributed by atoms with Gasteiger partial charge in [-0.15, -0.1) is 0 Å². The monoisotopic (exact) mass is 406 g/mol. The highest BCUT2D eigenvalue weighted by atomic mass is 35.5. The quantitative estimate of drug-likeness (QED) is 0.713. The van der Waals surface area contributed by atoms with Gasteiger partial charge in [0.15, 0.2) is 0 Å². The van der Waals surface area contributed by atoms with Crippen LogP contribution in [-0.4, -0.2) is 32.7 Å². The summed E-state index contributed by atoms with van der Waals surface area (Å²) in [4.78, 5) is 12.9. The van der Waals surface area contributed by atoms with Gasteiger partial charge in [0.05, 0.1) is 17.0 Å². The molecule has 0 saturated carbocycles. The molecule has 1 atom stereocenters. The van der Waals surface area contributed by atoms with E-state index in [1.54, 1.807) is 6.92 Å². The summed E-state index contributed by atoms with van der Waals surface area (Å²) in [6.07, 6.45) is 1.28. The zero-order chi connectivity index (χ0) is 20.2. The minimum atomic E-state index is -3.79. The number of carbonyl (C=O) groups is 1. The van der Waals surface area contributed by atoms with Crippen molar-refractivity contribution in [3.05, 3.63) is 29.0 Å². The minimum absolute atomic E-state index is 0.0882. The third-order valence-electron chi connectivity index (χ3n) is 4.23. The molecule has 0 aliphatic carbocycles. The van der Waals surface area contributed by atoms with Gasteiger partial charge in [0.25, 0.3) is 0 Å². The van der Waals surface area contributed by atoms with Gasteiger partial charge in [-0.1, -0.05) is 46.2 Å². The number of anilines is 1. The van der Waals surface area contributed by atoms with E-state index < -0.39 is 21.9 Å². The fourth-order valence-corrected chi connectivity index (χ4v) is 4.42. The standard InChI is InChI=1S/C18H28ClFN2O3S/c1-7-16(18(23)21-17(11(2)3)12(4)5)22(26(6,24)25)13-8-9-15(20)14(19)10-13/h8-12,16-17H,7H2,1-6H3,(H,21,23). The molecule has 1 N–H and O–H groups in total. The Balaban J connectivity index is 3.30. The van der Waals surface area contributed by atoms with E-state index in [0.29, 0.717) is 0 Å². The Labute approximate surface area is 161 Å². The number of hydrogen-bond acceptors (Lipinski definition) is 3. The molecule has 26 heavy (non-hydrogen) atoms. The third kappa shape index (κ3) is 5.58. The zero-order valence-electron chi connectivity index (χ0n) is 16.1. The van der Waals surface area contributed by atoms with Gasteiger partial charge < -0.3 is 5.32 Å². The van der Waals surface area contributed by atoms with Crippen molar-refractivity contribution in [2.45, 2.75) is 53.1 Å². The van der Waals surface area contributed by atoms with Crippen LogP contribution in [0.25, 0.3) is 0 Å². The van der Waals surface area contributed by atoms with E-state index in [1.807, 2.05) is 27.7 Å². The van der Waals surface area contributed by atoms with Gasteiger partial charge >= 0.3 is 0 Å². The number of carbonyl (C=O) groups excluding carboxylic acids is 1. The Kier molecular flexibility index (Phi) is 7.89. The molecule has 0 bridgehead atoms. The van der Waals surface area contributed by atoms with Crippen molar-refractivity contribution in [2.75, 3.05) is 10.6 Å². The topological polar surface area (TPSA) is 66.5 Å². The van der Waals surface area contributed by atoms with Crippen LogP contribution >= 0.6 is 11.6 Å². The Morgan fingerprint density at radius 2 is 1.77 bits per heavy atom. The maximum absolute atomic E-state index is 13.5. The van der Waals surface area contributed by atoms with Crippen molar-refractivity contribution < 1.29 is 17.6 Å². The fraction of sp³-hybridized carbons (Fsp3) is 0.611. The maximum atomic E-state index is 13.5. The van der Waals surface area contributed by atoms with Crippen molar-refractivity contribution in [1.29, 1.82) is 0 Å². The summed E-state index contributed by atoms with van der Waals surface area (Å²) in [6.45, 7) is 9.73. The molecule has 0 fully saturated rings. The van der Waals surface area contributed by atoms with E-state index >= 15 is 0 Å². The van der Waals surface area contributed by atoms with Gasteiger partial charge in [0.1, 0.15) is 11.9 Å². The van der Waals surface area contributed by atoms with E-state index in [4.69, 9.17) is 11.6 Å². The van der Waals surface area contributed by atoms with E-state index in [1.165, 1.54) is 12.1 Å². The zero-order valence-corrected chi connectivity index (χ0v) is 17.7. The predicted octanol–water partition coefficient (Wildman–Crippen LogP) is 3.82. The van der Waals surface area contributed by atoms with Crippen molar-refractivity contribution in [1.82, 2.24) is 5.32 Å². The average Bonchev–Trinajstić information content (AvgIpc) is 2.50. The maximum Gasteiger partial charge on any atom is 0.244 e. The molecule has 1 amide bonds. The van der Waals surface area contributed by atoms with Crippen LogP contribution in [0.4, 0.5) is 10.1 Å². The van der Waals surface area contributed by atoms with Crippen LogP contribution in [0.15, 0.2) is 18.2 Å². The SMILES string of the molecule is CCC(C(=O)NC(C(C)C)C(C)C)N(c1ccc(F)c(Cl)c1)S(C)(=O)=O. The Hall–Kier alpha value is -1.34.